The van der Waals surface area contributed by atoms with Gasteiger partial charge in [-0.2, -0.15) is 0 Å². The average molecular weight is 566 g/mol. The summed E-state index contributed by atoms with van der Waals surface area (Å²) in [6.07, 6.45) is 5.04. The number of methoxy groups -OCH3 is 1. The van der Waals surface area contributed by atoms with Crippen molar-refractivity contribution in [2.75, 3.05) is 20.3 Å². The molecule has 1 aromatic carbocycles. The Bertz CT molecular complexity index is 1360. The van der Waals surface area contributed by atoms with Gasteiger partial charge in [-0.1, -0.05) is 51.1 Å². The predicted molar refractivity (Wildman–Crippen MR) is 164 cm³/mol. The summed E-state index contributed by atoms with van der Waals surface area (Å²) in [4.78, 5) is 36.0. The zero-order valence-electron chi connectivity index (χ0n) is 25.3. The molecule has 2 amide bonds. The van der Waals surface area contributed by atoms with Crippen molar-refractivity contribution < 1.29 is 19.1 Å². The fourth-order valence-corrected chi connectivity index (χ4v) is 6.25. The number of carbonyl (C=O) groups excluding carboxylic acids is 2. The quantitative estimate of drug-likeness (QED) is 0.288. The van der Waals surface area contributed by atoms with Gasteiger partial charge in [0.2, 0.25) is 5.91 Å². The van der Waals surface area contributed by atoms with Crippen molar-refractivity contribution in [3.05, 3.63) is 36.4 Å². The van der Waals surface area contributed by atoms with Crippen molar-refractivity contribution in [2.24, 2.45) is 5.92 Å². The van der Waals surface area contributed by atoms with Crippen LogP contribution < -0.4 is 10.8 Å². The number of hydrogen-bond donors (Lipinski definition) is 2. The summed E-state index contributed by atoms with van der Waals surface area (Å²) in [5, 5.41) is 3.90. The number of alkyl carbamates (subject to hydrolysis) is 1. The van der Waals surface area contributed by atoms with Crippen LogP contribution in [0.5, 0.6) is 0 Å². The lowest BCUT2D eigenvalue weighted by molar-refractivity contribution is -0.138. The SMILES string of the molecule is Bc1ccc(-c2c[nH]c([C@]3(C)CCCN3C(=O)[C@@H](NC(=O)OC)C(C)C)n2)c2c1ccn2COCC[Si](C)(C)C. The minimum atomic E-state index is -1.16. The number of likely N-dealkylation sites (tertiary alicyclic amines) is 1. The van der Waals surface area contributed by atoms with Crippen LogP contribution >= 0.6 is 0 Å². The van der Waals surface area contributed by atoms with Gasteiger partial charge in [0.1, 0.15) is 26.4 Å². The summed E-state index contributed by atoms with van der Waals surface area (Å²) in [5.74, 6) is 0.526. The van der Waals surface area contributed by atoms with E-state index in [0.717, 1.165) is 48.1 Å². The molecule has 1 saturated heterocycles. The number of amides is 2. The Morgan fingerprint density at radius 1 is 1.25 bits per heavy atom. The molecule has 2 atom stereocenters. The normalized spacial score (nSPS) is 18.4. The van der Waals surface area contributed by atoms with E-state index >= 15 is 0 Å². The molecule has 4 rings (SSSR count). The summed E-state index contributed by atoms with van der Waals surface area (Å²) in [5.41, 5.74) is 3.53. The van der Waals surface area contributed by atoms with Crippen LogP contribution in [0.25, 0.3) is 22.2 Å². The molecule has 1 aliphatic rings. The third kappa shape index (κ3) is 6.15. The van der Waals surface area contributed by atoms with Crippen LogP contribution in [0.2, 0.25) is 25.7 Å². The van der Waals surface area contributed by atoms with E-state index in [-0.39, 0.29) is 11.8 Å². The maximum absolute atomic E-state index is 13.7. The van der Waals surface area contributed by atoms with Gasteiger partial charge in [0, 0.05) is 39.2 Å². The number of nitrogens with zero attached hydrogens (tertiary/aromatic N) is 3. The topological polar surface area (TPSA) is 101 Å². The molecule has 3 aromatic rings. The Kier molecular flexibility index (Phi) is 8.84. The van der Waals surface area contributed by atoms with Crippen molar-refractivity contribution in [1.82, 2.24) is 24.8 Å². The molecule has 0 unspecified atom stereocenters. The number of ether oxygens (including phenoxy) is 2. The Hall–Kier alpha value is -3.05. The summed E-state index contributed by atoms with van der Waals surface area (Å²) >= 11 is 0. The number of aromatic nitrogens is 3. The van der Waals surface area contributed by atoms with Gasteiger partial charge >= 0.3 is 6.09 Å². The lowest BCUT2D eigenvalue weighted by Gasteiger charge is -2.37. The smallest absolute Gasteiger partial charge is 0.407 e. The zero-order chi connectivity index (χ0) is 29.2. The molecule has 3 heterocycles. The van der Waals surface area contributed by atoms with E-state index < -0.39 is 25.7 Å². The van der Waals surface area contributed by atoms with E-state index in [1.165, 1.54) is 18.0 Å². The fourth-order valence-electron chi connectivity index (χ4n) is 5.49. The highest BCUT2D eigenvalue weighted by Gasteiger charge is 2.46. The van der Waals surface area contributed by atoms with Gasteiger partial charge in [-0.3, -0.25) is 4.79 Å². The van der Waals surface area contributed by atoms with Crippen molar-refractivity contribution in [1.29, 1.82) is 0 Å². The molecule has 2 N–H and O–H groups in total. The van der Waals surface area contributed by atoms with Gasteiger partial charge in [-0.25, -0.2) is 9.78 Å². The molecule has 1 aliphatic heterocycles. The van der Waals surface area contributed by atoms with E-state index in [1.54, 1.807) is 0 Å². The molecule has 1 fully saturated rings. The van der Waals surface area contributed by atoms with Crippen LogP contribution in [0.4, 0.5) is 4.79 Å². The number of imidazole rings is 1. The van der Waals surface area contributed by atoms with Crippen LogP contribution in [-0.4, -0.2) is 73.7 Å². The van der Waals surface area contributed by atoms with Crippen LogP contribution in [-0.2, 0) is 26.5 Å². The maximum Gasteiger partial charge on any atom is 0.407 e. The second kappa shape index (κ2) is 11.8. The monoisotopic (exact) mass is 565 g/mol. The Morgan fingerprint density at radius 3 is 2.67 bits per heavy atom. The first kappa shape index (κ1) is 29.9. The lowest BCUT2D eigenvalue weighted by atomic mass is 9.90. The first-order chi connectivity index (χ1) is 18.9. The van der Waals surface area contributed by atoms with Gasteiger partial charge in [-0.15, -0.1) is 0 Å². The first-order valence-electron chi connectivity index (χ1n) is 14.2. The predicted octanol–water partition coefficient (Wildman–Crippen LogP) is 3.82. The van der Waals surface area contributed by atoms with Crippen LogP contribution in [0.1, 0.15) is 39.4 Å². The molecular weight excluding hydrogens is 521 g/mol. The lowest BCUT2D eigenvalue weighted by Crippen LogP contribution is -2.55. The highest BCUT2D eigenvalue weighted by atomic mass is 28.3. The molecular formula is C29H44BN5O4Si. The molecule has 0 aliphatic carbocycles. The third-order valence-corrected chi connectivity index (χ3v) is 9.74. The summed E-state index contributed by atoms with van der Waals surface area (Å²) in [6.45, 7) is 14.8. The van der Waals surface area contributed by atoms with Crippen molar-refractivity contribution >= 4 is 44.3 Å². The number of H-pyrrole nitrogens is 1. The zero-order valence-corrected chi connectivity index (χ0v) is 26.3. The minimum absolute atomic E-state index is 0.0924. The van der Waals surface area contributed by atoms with Gasteiger partial charge in [0.05, 0.1) is 23.9 Å². The van der Waals surface area contributed by atoms with Crippen molar-refractivity contribution in [2.45, 2.75) is 77.6 Å². The highest BCUT2D eigenvalue weighted by molar-refractivity contribution is 6.76. The minimum Gasteiger partial charge on any atom is -0.453 e. The molecule has 0 spiro atoms. The number of carbonyl (C=O) groups is 2. The van der Waals surface area contributed by atoms with E-state index in [4.69, 9.17) is 14.5 Å². The number of aromatic amines is 1. The van der Waals surface area contributed by atoms with E-state index in [0.29, 0.717) is 13.3 Å². The number of hydrogen-bond acceptors (Lipinski definition) is 5. The molecule has 0 saturated carbocycles. The highest BCUT2D eigenvalue weighted by Crippen LogP contribution is 2.39. The molecule has 2 aromatic heterocycles. The van der Waals surface area contributed by atoms with Gasteiger partial charge in [-0.05, 0) is 43.2 Å². The number of rotatable bonds is 10. The van der Waals surface area contributed by atoms with Crippen LogP contribution in [0, 0.1) is 5.92 Å². The van der Waals surface area contributed by atoms with Crippen LogP contribution in [0.3, 0.4) is 0 Å². The van der Waals surface area contributed by atoms with E-state index in [1.807, 2.05) is 24.9 Å². The van der Waals surface area contributed by atoms with E-state index in [2.05, 4.69) is 73.7 Å². The summed E-state index contributed by atoms with van der Waals surface area (Å²) < 4.78 is 13.0. The molecule has 0 bridgehead atoms. The number of nitrogens with one attached hydrogen (secondary N) is 2. The molecule has 216 valence electrons. The molecule has 40 heavy (non-hydrogen) atoms. The molecule has 11 heteroatoms. The number of benzene rings is 1. The first-order valence-corrected chi connectivity index (χ1v) is 17.9. The Morgan fingerprint density at radius 2 is 2.00 bits per heavy atom. The van der Waals surface area contributed by atoms with Crippen molar-refractivity contribution in [3.63, 3.8) is 0 Å². The largest absolute Gasteiger partial charge is 0.453 e. The van der Waals surface area contributed by atoms with Gasteiger partial charge < -0.3 is 29.2 Å². The van der Waals surface area contributed by atoms with Gasteiger partial charge in [0.25, 0.3) is 0 Å². The molecule has 0 radical (unpaired) electrons. The third-order valence-electron chi connectivity index (χ3n) is 8.03. The van der Waals surface area contributed by atoms with Crippen LogP contribution in [0.15, 0.2) is 30.6 Å². The standard InChI is InChI=1S/C29H44BN5O4Si/c1-19(2)24(33-28(37)38-4)26(36)35-13-8-12-29(35,3)27-31-17-23(32-27)21-9-10-22(30)20-11-14-34(25(20)21)18-39-15-16-40(5,6)7/h9-11,14,17,19,24H,8,12-13,15-16,18,30H2,1-7H3,(H,31,32)(H,33,37)/t24-,29-/m0/s1. The second-order valence-corrected chi connectivity index (χ2v) is 18.3. The van der Waals surface area contributed by atoms with E-state index in [9.17, 15) is 9.59 Å². The Balaban J connectivity index is 1.63. The maximum atomic E-state index is 13.7. The average Bonchev–Trinajstić information content (AvgIpc) is 3.64. The molecule has 9 nitrogen and oxygen atoms in total. The Labute approximate surface area is 239 Å². The van der Waals surface area contributed by atoms with Crippen molar-refractivity contribution in [3.8, 4) is 11.3 Å². The second-order valence-electron chi connectivity index (χ2n) is 12.7. The summed E-state index contributed by atoms with van der Waals surface area (Å²) in [6, 6.07) is 6.83. The number of fused-ring (bicyclic) bond motifs is 1. The summed E-state index contributed by atoms with van der Waals surface area (Å²) in [7, 11) is 2.26. The van der Waals surface area contributed by atoms with Gasteiger partial charge in [0.15, 0.2) is 0 Å². The fraction of sp³-hybridized carbons (Fsp3) is 0.552.